The van der Waals surface area contributed by atoms with Crippen molar-refractivity contribution in [3.63, 3.8) is 0 Å². The Morgan fingerprint density at radius 1 is 0.882 bits per heavy atom. The van der Waals surface area contributed by atoms with Crippen molar-refractivity contribution < 1.29 is 18.8 Å². The molecule has 3 rings (SSSR count). The van der Waals surface area contributed by atoms with Crippen LogP contribution in [-0.4, -0.2) is 17.7 Å². The minimum Gasteiger partial charge on any atom is -0.460 e. The van der Waals surface area contributed by atoms with Gasteiger partial charge in [-0.3, -0.25) is 14.4 Å². The molecule has 0 bridgehead atoms. The quantitative estimate of drug-likeness (QED) is 0.258. The van der Waals surface area contributed by atoms with Gasteiger partial charge in [0.1, 0.15) is 23.2 Å². The van der Waals surface area contributed by atoms with Crippen LogP contribution in [0.4, 0.5) is 5.69 Å². The average Bonchev–Trinajstić information content (AvgIpc) is 3.27. The van der Waals surface area contributed by atoms with Crippen LogP contribution in [-0.2, 0) is 27.5 Å². The number of nitrogens with one attached hydrogen (secondary N) is 3. The van der Waals surface area contributed by atoms with Gasteiger partial charge >= 0.3 is 11.8 Å². The molecule has 3 amide bonds. The zero-order chi connectivity index (χ0) is 24.5. The first-order valence-electron chi connectivity index (χ1n) is 9.92. The highest BCUT2D eigenvalue weighted by molar-refractivity contribution is 6.39. The molecule has 0 unspecified atom stereocenters. The monoisotopic (exact) mass is 496 g/mol. The summed E-state index contributed by atoms with van der Waals surface area (Å²) >= 11 is 11.7. The van der Waals surface area contributed by atoms with E-state index in [-0.39, 0.29) is 24.4 Å². The lowest BCUT2D eigenvalue weighted by molar-refractivity contribution is -0.136. The Bertz CT molecular complexity index is 1280. The van der Waals surface area contributed by atoms with E-state index in [0.29, 0.717) is 21.5 Å². The largest absolute Gasteiger partial charge is 0.460 e. The van der Waals surface area contributed by atoms with E-state index in [0.717, 1.165) is 5.56 Å². The second kappa shape index (κ2) is 11.7. The van der Waals surface area contributed by atoms with E-state index < -0.39 is 17.7 Å². The minimum atomic E-state index is -0.868. The summed E-state index contributed by atoms with van der Waals surface area (Å²) in [4.78, 5) is 36.3. The van der Waals surface area contributed by atoms with Gasteiger partial charge in [0.25, 0.3) is 5.91 Å². The predicted molar refractivity (Wildman–Crippen MR) is 128 cm³/mol. The summed E-state index contributed by atoms with van der Waals surface area (Å²) in [5.74, 6) is -1.73. The molecule has 0 saturated heterocycles. The fraction of sp³-hybridized carbons (Fsp3) is 0.0833. The Morgan fingerprint density at radius 2 is 1.62 bits per heavy atom. The summed E-state index contributed by atoms with van der Waals surface area (Å²) in [6.07, 6.45) is 1.29. The first kappa shape index (κ1) is 24.6. The molecule has 0 saturated carbocycles. The molecule has 0 fully saturated rings. The van der Waals surface area contributed by atoms with Gasteiger partial charge in [-0.2, -0.15) is 5.26 Å². The van der Waals surface area contributed by atoms with Crippen LogP contribution < -0.4 is 16.0 Å². The Kier molecular flexibility index (Phi) is 8.46. The molecule has 3 N–H and O–H groups in total. The number of anilines is 1. The molecule has 0 spiro atoms. The summed E-state index contributed by atoms with van der Waals surface area (Å²) in [5.41, 5.74) is 1.06. The molecular weight excluding hydrogens is 479 g/mol. The van der Waals surface area contributed by atoms with Crippen molar-refractivity contribution in [3.8, 4) is 6.07 Å². The number of benzene rings is 2. The molecule has 8 nitrogen and oxygen atoms in total. The predicted octanol–water partition coefficient (Wildman–Crippen LogP) is 4.06. The number of rotatable bonds is 7. The summed E-state index contributed by atoms with van der Waals surface area (Å²) in [6, 6.07) is 18.3. The lowest BCUT2D eigenvalue weighted by Crippen LogP contribution is -2.34. The summed E-state index contributed by atoms with van der Waals surface area (Å²) < 4.78 is 5.52. The van der Waals surface area contributed by atoms with Crippen molar-refractivity contribution in [2.24, 2.45) is 0 Å². The van der Waals surface area contributed by atoms with Gasteiger partial charge in [-0.05, 0) is 48.0 Å². The van der Waals surface area contributed by atoms with E-state index in [2.05, 4.69) is 16.0 Å². The third-order valence-corrected chi connectivity index (χ3v) is 4.90. The second-order valence-corrected chi connectivity index (χ2v) is 7.80. The summed E-state index contributed by atoms with van der Waals surface area (Å²) in [7, 11) is 0. The molecule has 0 aliphatic rings. The van der Waals surface area contributed by atoms with Crippen molar-refractivity contribution in [3.05, 3.63) is 93.4 Å². The van der Waals surface area contributed by atoms with E-state index in [4.69, 9.17) is 27.6 Å². The molecule has 1 heterocycles. The highest BCUT2D eigenvalue weighted by Crippen LogP contribution is 2.15. The number of carbonyl (C=O) groups excluding carboxylic acids is 3. The van der Waals surface area contributed by atoms with Gasteiger partial charge in [0.05, 0.1) is 6.54 Å². The fourth-order valence-corrected chi connectivity index (χ4v) is 3.06. The third kappa shape index (κ3) is 7.24. The molecule has 1 aromatic heterocycles. The van der Waals surface area contributed by atoms with E-state index in [1.807, 2.05) is 6.07 Å². The van der Waals surface area contributed by atoms with Gasteiger partial charge in [0.2, 0.25) is 0 Å². The minimum absolute atomic E-state index is 0.0692. The van der Waals surface area contributed by atoms with Crippen LogP contribution in [0.2, 0.25) is 10.0 Å². The van der Waals surface area contributed by atoms with Crippen LogP contribution in [0.3, 0.4) is 0 Å². The van der Waals surface area contributed by atoms with E-state index in [1.54, 1.807) is 48.5 Å². The Hall–Kier alpha value is -4.06. The highest BCUT2D eigenvalue weighted by Gasteiger charge is 2.15. The Balaban J connectivity index is 1.53. The third-order valence-electron chi connectivity index (χ3n) is 4.41. The standard InChI is InChI=1S/C24H18Cl2N4O4/c25-17-6-4-15(5-7-17)13-28-22(31)16(12-27)10-20-8-9-21(34-20)14-29-23(32)24(33)30-19-3-1-2-18(26)11-19/h1-11H,13-14H2,(H,28,31)(H,29,32)(H,30,33). The molecule has 2 aromatic carbocycles. The van der Waals surface area contributed by atoms with Crippen molar-refractivity contribution >= 4 is 52.7 Å². The van der Waals surface area contributed by atoms with Crippen LogP contribution in [0, 0.1) is 11.3 Å². The second-order valence-electron chi connectivity index (χ2n) is 6.93. The van der Waals surface area contributed by atoms with Gasteiger partial charge in [-0.15, -0.1) is 0 Å². The van der Waals surface area contributed by atoms with Crippen LogP contribution in [0.25, 0.3) is 6.08 Å². The average molecular weight is 497 g/mol. The molecule has 3 aromatic rings. The number of hydrogen-bond acceptors (Lipinski definition) is 5. The Labute approximate surface area is 205 Å². The number of nitriles is 1. The molecular formula is C24H18Cl2N4O4. The molecule has 0 aliphatic heterocycles. The fourth-order valence-electron chi connectivity index (χ4n) is 2.74. The molecule has 10 heteroatoms. The maximum atomic E-state index is 12.3. The highest BCUT2D eigenvalue weighted by atomic mass is 35.5. The van der Waals surface area contributed by atoms with Gasteiger partial charge in [0, 0.05) is 28.4 Å². The van der Waals surface area contributed by atoms with Crippen LogP contribution in [0.15, 0.2) is 70.7 Å². The summed E-state index contributed by atoms with van der Waals surface area (Å²) in [6.45, 7) is 0.155. The number of hydrogen-bond donors (Lipinski definition) is 3. The van der Waals surface area contributed by atoms with Crippen LogP contribution in [0.1, 0.15) is 17.1 Å². The number of furan rings is 1. The van der Waals surface area contributed by atoms with Crippen molar-refractivity contribution in [1.82, 2.24) is 10.6 Å². The lowest BCUT2D eigenvalue weighted by Gasteiger charge is -2.06. The van der Waals surface area contributed by atoms with E-state index >= 15 is 0 Å². The number of nitrogens with zero attached hydrogens (tertiary/aromatic N) is 1. The van der Waals surface area contributed by atoms with Gasteiger partial charge in [0.15, 0.2) is 0 Å². The van der Waals surface area contributed by atoms with Gasteiger partial charge in [-0.1, -0.05) is 41.4 Å². The molecule has 172 valence electrons. The first-order valence-corrected chi connectivity index (χ1v) is 10.7. The maximum absolute atomic E-state index is 12.3. The van der Waals surface area contributed by atoms with Crippen LogP contribution >= 0.6 is 23.2 Å². The normalized spacial score (nSPS) is 10.8. The maximum Gasteiger partial charge on any atom is 0.313 e. The van der Waals surface area contributed by atoms with Gasteiger partial charge in [-0.25, -0.2) is 0 Å². The van der Waals surface area contributed by atoms with Crippen LogP contribution in [0.5, 0.6) is 0 Å². The van der Waals surface area contributed by atoms with E-state index in [9.17, 15) is 19.6 Å². The molecule has 0 radical (unpaired) electrons. The number of amides is 3. The SMILES string of the molecule is N#CC(=Cc1ccc(CNC(=O)C(=O)Nc2cccc(Cl)c2)o1)C(=O)NCc1ccc(Cl)cc1. The number of halogens is 2. The molecule has 0 aliphatic carbocycles. The van der Waals surface area contributed by atoms with Crippen molar-refractivity contribution in [2.75, 3.05) is 5.32 Å². The van der Waals surface area contributed by atoms with E-state index in [1.165, 1.54) is 18.2 Å². The van der Waals surface area contributed by atoms with Crippen molar-refractivity contribution in [2.45, 2.75) is 13.1 Å². The topological polar surface area (TPSA) is 124 Å². The van der Waals surface area contributed by atoms with Gasteiger partial charge < -0.3 is 20.4 Å². The first-order chi connectivity index (χ1) is 16.3. The zero-order valence-corrected chi connectivity index (χ0v) is 19.1. The Morgan fingerprint density at radius 3 is 2.32 bits per heavy atom. The van der Waals surface area contributed by atoms with Crippen molar-refractivity contribution in [1.29, 1.82) is 5.26 Å². The summed E-state index contributed by atoms with van der Waals surface area (Å²) in [5, 5.41) is 17.8. The number of carbonyl (C=O) groups is 3. The molecule has 34 heavy (non-hydrogen) atoms. The molecule has 0 atom stereocenters. The smallest absolute Gasteiger partial charge is 0.313 e. The lowest BCUT2D eigenvalue weighted by atomic mass is 10.2. The zero-order valence-electron chi connectivity index (χ0n) is 17.6.